The molecule has 96 valence electrons. The first-order chi connectivity index (χ1) is 8.64. The van der Waals surface area contributed by atoms with Gasteiger partial charge in [0.25, 0.3) is 5.91 Å². The minimum absolute atomic E-state index is 0.0234. The molecule has 1 aliphatic heterocycles. The standard InChI is InChI=1S/C12H13BrN2O3/c13-8-3-2-7-10(14-8)15-11(17)9(18-7)12(6-16)4-1-5-12/h2-3,9,16H,1,4-6H2,(H,14,15,17). The average molecular weight is 313 g/mol. The number of fused-ring (bicyclic) bond motifs is 1. The van der Waals surface area contributed by atoms with E-state index in [1.165, 1.54) is 0 Å². The lowest BCUT2D eigenvalue weighted by atomic mass is 9.65. The highest BCUT2D eigenvalue weighted by molar-refractivity contribution is 9.10. The van der Waals surface area contributed by atoms with Gasteiger partial charge in [-0.15, -0.1) is 0 Å². The Morgan fingerprint density at radius 3 is 2.94 bits per heavy atom. The van der Waals surface area contributed by atoms with Crippen LogP contribution in [-0.2, 0) is 4.79 Å². The lowest BCUT2D eigenvalue weighted by Crippen LogP contribution is -2.55. The molecule has 0 radical (unpaired) electrons. The summed E-state index contributed by atoms with van der Waals surface area (Å²) in [6.07, 6.45) is 2.05. The molecular formula is C12H13BrN2O3. The molecule has 1 saturated carbocycles. The van der Waals surface area contributed by atoms with Gasteiger partial charge in [-0.2, -0.15) is 0 Å². The molecule has 1 unspecified atom stereocenters. The number of amides is 1. The number of ether oxygens (including phenoxy) is 1. The molecular weight excluding hydrogens is 300 g/mol. The van der Waals surface area contributed by atoms with Crippen LogP contribution in [0.1, 0.15) is 19.3 Å². The Labute approximate surface area is 113 Å². The van der Waals surface area contributed by atoms with E-state index in [9.17, 15) is 9.90 Å². The van der Waals surface area contributed by atoms with Gasteiger partial charge < -0.3 is 15.2 Å². The van der Waals surface area contributed by atoms with Crippen molar-refractivity contribution in [3.63, 3.8) is 0 Å². The van der Waals surface area contributed by atoms with Crippen LogP contribution in [0, 0.1) is 5.41 Å². The number of halogens is 1. The van der Waals surface area contributed by atoms with Crippen molar-refractivity contribution in [2.75, 3.05) is 11.9 Å². The Bertz CT molecular complexity index is 497. The van der Waals surface area contributed by atoms with E-state index >= 15 is 0 Å². The summed E-state index contributed by atoms with van der Waals surface area (Å²) < 4.78 is 6.38. The van der Waals surface area contributed by atoms with Crippen LogP contribution in [0.2, 0.25) is 0 Å². The fourth-order valence-electron chi connectivity index (χ4n) is 2.51. The minimum Gasteiger partial charge on any atom is -0.476 e. The number of aromatic nitrogens is 1. The predicted molar refractivity (Wildman–Crippen MR) is 68.4 cm³/mol. The quantitative estimate of drug-likeness (QED) is 0.815. The van der Waals surface area contributed by atoms with E-state index in [-0.39, 0.29) is 12.5 Å². The van der Waals surface area contributed by atoms with E-state index in [1.54, 1.807) is 12.1 Å². The fourth-order valence-corrected chi connectivity index (χ4v) is 2.82. The second kappa shape index (κ2) is 4.20. The summed E-state index contributed by atoms with van der Waals surface area (Å²) in [6.45, 7) is -0.0234. The molecule has 1 aliphatic carbocycles. The average Bonchev–Trinajstić information content (AvgIpc) is 2.29. The first kappa shape index (κ1) is 11.9. The van der Waals surface area contributed by atoms with Crippen molar-refractivity contribution in [2.24, 2.45) is 5.41 Å². The molecule has 1 aromatic rings. The molecule has 6 heteroatoms. The van der Waals surface area contributed by atoms with Crippen molar-refractivity contribution in [1.29, 1.82) is 0 Å². The number of carbonyl (C=O) groups is 1. The summed E-state index contributed by atoms with van der Waals surface area (Å²) >= 11 is 3.25. The summed E-state index contributed by atoms with van der Waals surface area (Å²) in [5.41, 5.74) is -0.422. The Morgan fingerprint density at radius 1 is 1.56 bits per heavy atom. The van der Waals surface area contributed by atoms with Crippen molar-refractivity contribution in [3.05, 3.63) is 16.7 Å². The van der Waals surface area contributed by atoms with E-state index in [0.717, 1.165) is 19.3 Å². The first-order valence-electron chi connectivity index (χ1n) is 5.90. The third-order valence-electron chi connectivity index (χ3n) is 3.77. The molecule has 3 rings (SSSR count). The molecule has 2 aliphatic rings. The third kappa shape index (κ3) is 1.71. The molecule has 1 amide bonds. The van der Waals surface area contributed by atoms with Crippen LogP contribution < -0.4 is 10.1 Å². The van der Waals surface area contributed by atoms with E-state index in [0.29, 0.717) is 16.2 Å². The minimum atomic E-state index is -0.619. The third-order valence-corrected chi connectivity index (χ3v) is 4.21. The maximum Gasteiger partial charge on any atom is 0.267 e. The lowest BCUT2D eigenvalue weighted by Gasteiger charge is -2.46. The highest BCUT2D eigenvalue weighted by atomic mass is 79.9. The fraction of sp³-hybridized carbons (Fsp3) is 0.500. The summed E-state index contributed by atoms with van der Waals surface area (Å²) in [4.78, 5) is 16.2. The Balaban J connectivity index is 1.92. The molecule has 2 heterocycles. The highest BCUT2D eigenvalue weighted by Gasteiger charge is 2.50. The molecule has 2 N–H and O–H groups in total. The van der Waals surface area contributed by atoms with Gasteiger partial charge in [-0.1, -0.05) is 6.42 Å². The van der Waals surface area contributed by atoms with E-state index in [2.05, 4.69) is 26.2 Å². The summed E-state index contributed by atoms with van der Waals surface area (Å²) in [7, 11) is 0. The van der Waals surface area contributed by atoms with Crippen LogP contribution in [0.25, 0.3) is 0 Å². The second-order valence-corrected chi connectivity index (χ2v) is 5.65. The van der Waals surface area contributed by atoms with Gasteiger partial charge in [-0.3, -0.25) is 4.79 Å². The molecule has 5 nitrogen and oxygen atoms in total. The van der Waals surface area contributed by atoms with Gasteiger partial charge in [0.1, 0.15) is 4.60 Å². The van der Waals surface area contributed by atoms with Crippen LogP contribution in [0.5, 0.6) is 5.75 Å². The van der Waals surface area contributed by atoms with Crippen molar-refractivity contribution < 1.29 is 14.6 Å². The van der Waals surface area contributed by atoms with Crippen molar-refractivity contribution in [3.8, 4) is 5.75 Å². The molecule has 1 fully saturated rings. The zero-order valence-electron chi connectivity index (χ0n) is 9.65. The SMILES string of the molecule is O=C1Nc2nc(Br)ccc2OC1C1(CO)CCC1. The molecule has 0 aromatic carbocycles. The van der Waals surface area contributed by atoms with Gasteiger partial charge in [0.2, 0.25) is 0 Å². The van der Waals surface area contributed by atoms with Gasteiger partial charge in [0.15, 0.2) is 17.7 Å². The number of aliphatic hydroxyl groups excluding tert-OH is 1. The Morgan fingerprint density at radius 2 is 2.33 bits per heavy atom. The number of pyridine rings is 1. The maximum atomic E-state index is 12.1. The topological polar surface area (TPSA) is 71.5 Å². The number of nitrogens with one attached hydrogen (secondary N) is 1. The Kier molecular flexibility index (Phi) is 2.79. The maximum absolute atomic E-state index is 12.1. The van der Waals surface area contributed by atoms with E-state index < -0.39 is 11.5 Å². The molecule has 0 saturated heterocycles. The van der Waals surface area contributed by atoms with Gasteiger partial charge in [0.05, 0.1) is 6.61 Å². The molecule has 1 atom stereocenters. The van der Waals surface area contributed by atoms with Crippen LogP contribution in [0.3, 0.4) is 0 Å². The highest BCUT2D eigenvalue weighted by Crippen LogP contribution is 2.47. The first-order valence-corrected chi connectivity index (χ1v) is 6.69. The number of hydrogen-bond donors (Lipinski definition) is 2. The van der Waals surface area contributed by atoms with E-state index in [4.69, 9.17) is 4.74 Å². The monoisotopic (exact) mass is 312 g/mol. The van der Waals surface area contributed by atoms with E-state index in [1.807, 2.05) is 0 Å². The van der Waals surface area contributed by atoms with Gasteiger partial charge in [-0.05, 0) is 40.9 Å². The normalized spacial score (nSPS) is 24.6. The van der Waals surface area contributed by atoms with Gasteiger partial charge in [-0.25, -0.2) is 4.98 Å². The second-order valence-electron chi connectivity index (χ2n) is 4.84. The number of carbonyl (C=O) groups excluding carboxylic acids is 1. The zero-order chi connectivity index (χ0) is 12.8. The van der Waals surface area contributed by atoms with Crippen LogP contribution >= 0.6 is 15.9 Å². The molecule has 1 aromatic heterocycles. The largest absolute Gasteiger partial charge is 0.476 e. The van der Waals surface area contributed by atoms with Crippen molar-refractivity contribution in [1.82, 2.24) is 4.98 Å². The number of anilines is 1. The summed E-state index contributed by atoms with van der Waals surface area (Å²) in [5.74, 6) is 0.766. The van der Waals surface area contributed by atoms with Crippen molar-refractivity contribution >= 4 is 27.7 Å². The predicted octanol–water partition coefficient (Wildman–Crippen LogP) is 1.71. The van der Waals surface area contributed by atoms with Crippen molar-refractivity contribution in [2.45, 2.75) is 25.4 Å². The zero-order valence-corrected chi connectivity index (χ0v) is 11.2. The van der Waals surface area contributed by atoms with Crippen LogP contribution in [0.15, 0.2) is 16.7 Å². The number of aliphatic hydroxyl groups is 1. The Hall–Kier alpha value is -1.14. The summed E-state index contributed by atoms with van der Waals surface area (Å²) in [6, 6.07) is 3.53. The molecule has 18 heavy (non-hydrogen) atoms. The van der Waals surface area contributed by atoms with Gasteiger partial charge in [0, 0.05) is 5.41 Å². The van der Waals surface area contributed by atoms with Gasteiger partial charge >= 0.3 is 0 Å². The molecule has 0 bridgehead atoms. The van der Waals surface area contributed by atoms with Crippen LogP contribution in [0.4, 0.5) is 5.82 Å². The smallest absolute Gasteiger partial charge is 0.267 e. The number of nitrogens with zero attached hydrogens (tertiary/aromatic N) is 1. The summed E-state index contributed by atoms with van der Waals surface area (Å²) in [5, 5.41) is 12.3. The molecule has 0 spiro atoms. The number of hydrogen-bond acceptors (Lipinski definition) is 4. The number of rotatable bonds is 2. The lowest BCUT2D eigenvalue weighted by molar-refractivity contribution is -0.138. The van der Waals surface area contributed by atoms with Crippen LogP contribution in [-0.4, -0.2) is 28.7 Å².